The van der Waals surface area contributed by atoms with Crippen LogP contribution in [0.15, 0.2) is 36.5 Å². The normalized spacial score (nSPS) is 10.6. The molecular formula is C19H21NO5. The van der Waals surface area contributed by atoms with Gasteiger partial charge in [-0.05, 0) is 42.8 Å². The summed E-state index contributed by atoms with van der Waals surface area (Å²) in [5.74, 6) is 1.21. The summed E-state index contributed by atoms with van der Waals surface area (Å²) in [7, 11) is 4.68. The Bertz CT molecular complexity index is 770. The van der Waals surface area contributed by atoms with Crippen molar-refractivity contribution in [3.63, 3.8) is 0 Å². The molecule has 0 fully saturated rings. The van der Waals surface area contributed by atoms with Crippen LogP contribution in [0.4, 0.5) is 0 Å². The van der Waals surface area contributed by atoms with Crippen molar-refractivity contribution in [1.29, 1.82) is 0 Å². The molecule has 0 amide bonds. The smallest absolute Gasteiger partial charge is 0.330 e. The van der Waals surface area contributed by atoms with Gasteiger partial charge in [0.25, 0.3) is 0 Å². The number of rotatable bonds is 7. The van der Waals surface area contributed by atoms with Gasteiger partial charge >= 0.3 is 5.97 Å². The average Bonchev–Trinajstić information content (AvgIpc) is 2.65. The molecule has 0 saturated heterocycles. The van der Waals surface area contributed by atoms with Gasteiger partial charge < -0.3 is 18.9 Å². The first-order valence-electron chi connectivity index (χ1n) is 7.74. The molecule has 0 aliphatic rings. The minimum atomic E-state index is -0.385. The molecule has 2 rings (SSSR count). The highest BCUT2D eigenvalue weighted by molar-refractivity contribution is 5.87. The fourth-order valence-corrected chi connectivity index (χ4v) is 2.36. The number of carbonyl (C=O) groups excluding carboxylic acids is 1. The van der Waals surface area contributed by atoms with Gasteiger partial charge in [0.2, 0.25) is 5.75 Å². The number of methoxy groups -OCH3 is 3. The molecule has 0 saturated carbocycles. The number of nitrogens with zero attached hydrogens (tertiary/aromatic N) is 1. The predicted molar refractivity (Wildman–Crippen MR) is 95.0 cm³/mol. The molecule has 0 spiro atoms. The summed E-state index contributed by atoms with van der Waals surface area (Å²) < 4.78 is 21.1. The maximum atomic E-state index is 11.5. The van der Waals surface area contributed by atoms with Gasteiger partial charge in [-0.1, -0.05) is 0 Å². The Labute approximate surface area is 147 Å². The average molecular weight is 343 g/mol. The first kappa shape index (κ1) is 18.3. The van der Waals surface area contributed by atoms with Crippen LogP contribution in [0.3, 0.4) is 0 Å². The molecule has 1 heterocycles. The standard InChI is InChI=1S/C19H21NO5/c1-5-25-17(21)9-6-13-10-11-20-15(12-13)14-7-8-16(22-2)19(24-4)18(14)23-3/h6-12H,5H2,1-4H3/b9-6+. The van der Waals surface area contributed by atoms with Crippen LogP contribution in [0.1, 0.15) is 12.5 Å². The quantitative estimate of drug-likeness (QED) is 0.567. The molecule has 0 N–H and O–H groups in total. The highest BCUT2D eigenvalue weighted by Crippen LogP contribution is 2.43. The van der Waals surface area contributed by atoms with Gasteiger partial charge in [-0.25, -0.2) is 4.79 Å². The molecule has 0 bridgehead atoms. The van der Waals surface area contributed by atoms with Crippen molar-refractivity contribution < 1.29 is 23.7 Å². The summed E-state index contributed by atoms with van der Waals surface area (Å²) in [6, 6.07) is 7.28. The fourth-order valence-electron chi connectivity index (χ4n) is 2.36. The lowest BCUT2D eigenvalue weighted by atomic mass is 10.1. The van der Waals surface area contributed by atoms with Crippen molar-refractivity contribution in [3.05, 3.63) is 42.1 Å². The molecule has 1 aromatic heterocycles. The Morgan fingerprint density at radius 1 is 1.08 bits per heavy atom. The second kappa shape index (κ2) is 8.73. The molecule has 132 valence electrons. The van der Waals surface area contributed by atoms with E-state index in [4.69, 9.17) is 18.9 Å². The summed E-state index contributed by atoms with van der Waals surface area (Å²) in [6.45, 7) is 2.10. The van der Waals surface area contributed by atoms with Gasteiger partial charge in [0.15, 0.2) is 11.5 Å². The molecule has 0 aliphatic carbocycles. The van der Waals surface area contributed by atoms with E-state index < -0.39 is 0 Å². The van der Waals surface area contributed by atoms with Crippen molar-refractivity contribution in [2.75, 3.05) is 27.9 Å². The number of carbonyl (C=O) groups is 1. The van der Waals surface area contributed by atoms with E-state index in [1.165, 1.54) is 6.08 Å². The third-order valence-electron chi connectivity index (χ3n) is 3.46. The Kier molecular flexibility index (Phi) is 6.39. The van der Waals surface area contributed by atoms with Gasteiger partial charge in [-0.3, -0.25) is 4.98 Å². The molecule has 1 aromatic carbocycles. The zero-order valence-electron chi connectivity index (χ0n) is 14.7. The van der Waals surface area contributed by atoms with E-state index in [1.54, 1.807) is 52.7 Å². The number of aromatic nitrogens is 1. The van der Waals surface area contributed by atoms with Crippen molar-refractivity contribution in [1.82, 2.24) is 4.98 Å². The minimum Gasteiger partial charge on any atom is -0.493 e. The first-order chi connectivity index (χ1) is 12.1. The van der Waals surface area contributed by atoms with E-state index in [1.807, 2.05) is 12.1 Å². The van der Waals surface area contributed by atoms with Crippen molar-refractivity contribution in [2.24, 2.45) is 0 Å². The Balaban J connectivity index is 2.42. The Morgan fingerprint density at radius 2 is 1.84 bits per heavy atom. The van der Waals surface area contributed by atoms with Crippen molar-refractivity contribution in [2.45, 2.75) is 6.92 Å². The third-order valence-corrected chi connectivity index (χ3v) is 3.46. The number of esters is 1. The van der Waals surface area contributed by atoms with Gasteiger partial charge in [0.05, 0.1) is 33.6 Å². The van der Waals surface area contributed by atoms with E-state index in [0.29, 0.717) is 29.5 Å². The molecule has 0 aliphatic heterocycles. The number of ether oxygens (including phenoxy) is 4. The van der Waals surface area contributed by atoms with Crippen LogP contribution in [0.25, 0.3) is 17.3 Å². The summed E-state index contributed by atoms with van der Waals surface area (Å²) >= 11 is 0. The zero-order valence-corrected chi connectivity index (χ0v) is 14.7. The molecule has 6 heteroatoms. The van der Waals surface area contributed by atoms with Crippen LogP contribution in [-0.4, -0.2) is 38.9 Å². The minimum absolute atomic E-state index is 0.341. The van der Waals surface area contributed by atoms with Crippen LogP contribution in [0.2, 0.25) is 0 Å². The lowest BCUT2D eigenvalue weighted by Crippen LogP contribution is -1.99. The summed E-state index contributed by atoms with van der Waals surface area (Å²) in [4.78, 5) is 15.8. The monoisotopic (exact) mass is 343 g/mol. The molecule has 0 unspecified atom stereocenters. The van der Waals surface area contributed by atoms with Crippen LogP contribution >= 0.6 is 0 Å². The van der Waals surface area contributed by atoms with Gasteiger partial charge in [-0.2, -0.15) is 0 Å². The first-order valence-corrected chi connectivity index (χ1v) is 7.74. The maximum Gasteiger partial charge on any atom is 0.330 e. The van der Waals surface area contributed by atoms with Crippen LogP contribution in [0.5, 0.6) is 17.2 Å². The Morgan fingerprint density at radius 3 is 2.48 bits per heavy atom. The van der Waals surface area contributed by atoms with E-state index in [2.05, 4.69) is 4.98 Å². The molecule has 2 aromatic rings. The highest BCUT2D eigenvalue weighted by Gasteiger charge is 2.17. The number of hydrogen-bond acceptors (Lipinski definition) is 6. The zero-order chi connectivity index (χ0) is 18.2. The highest BCUT2D eigenvalue weighted by atomic mass is 16.5. The van der Waals surface area contributed by atoms with Crippen molar-refractivity contribution in [3.8, 4) is 28.5 Å². The van der Waals surface area contributed by atoms with Crippen LogP contribution < -0.4 is 14.2 Å². The summed E-state index contributed by atoms with van der Waals surface area (Å²) in [5, 5.41) is 0. The number of hydrogen-bond donors (Lipinski definition) is 0. The van der Waals surface area contributed by atoms with Gasteiger partial charge in [0.1, 0.15) is 0 Å². The third kappa shape index (κ3) is 4.29. The molecule has 0 radical (unpaired) electrons. The lowest BCUT2D eigenvalue weighted by Gasteiger charge is -2.15. The molecule has 0 atom stereocenters. The molecule has 25 heavy (non-hydrogen) atoms. The second-order valence-electron chi connectivity index (χ2n) is 4.94. The largest absolute Gasteiger partial charge is 0.493 e. The second-order valence-corrected chi connectivity index (χ2v) is 4.94. The molecule has 6 nitrogen and oxygen atoms in total. The number of pyridine rings is 1. The van der Waals surface area contributed by atoms with Gasteiger partial charge in [0, 0.05) is 17.8 Å². The van der Waals surface area contributed by atoms with Crippen molar-refractivity contribution >= 4 is 12.0 Å². The summed E-state index contributed by atoms with van der Waals surface area (Å²) in [5.41, 5.74) is 2.25. The lowest BCUT2D eigenvalue weighted by molar-refractivity contribution is -0.137. The molecular weight excluding hydrogens is 322 g/mol. The SMILES string of the molecule is CCOC(=O)/C=C/c1ccnc(-c2ccc(OC)c(OC)c2OC)c1. The van der Waals surface area contributed by atoms with Crippen LogP contribution in [0, 0.1) is 0 Å². The van der Waals surface area contributed by atoms with Gasteiger partial charge in [-0.15, -0.1) is 0 Å². The summed E-state index contributed by atoms with van der Waals surface area (Å²) in [6.07, 6.45) is 4.72. The fraction of sp³-hybridized carbons (Fsp3) is 0.263. The van der Waals surface area contributed by atoms with E-state index in [0.717, 1.165) is 11.1 Å². The Hall–Kier alpha value is -3.02. The van der Waals surface area contributed by atoms with E-state index in [9.17, 15) is 4.79 Å². The maximum absolute atomic E-state index is 11.5. The topological polar surface area (TPSA) is 66.9 Å². The van der Waals surface area contributed by atoms with E-state index >= 15 is 0 Å². The van der Waals surface area contributed by atoms with E-state index in [-0.39, 0.29) is 5.97 Å². The predicted octanol–water partition coefficient (Wildman–Crippen LogP) is 3.35. The van der Waals surface area contributed by atoms with Crippen LogP contribution in [-0.2, 0) is 9.53 Å². The number of benzene rings is 1.